The lowest BCUT2D eigenvalue weighted by molar-refractivity contribution is -0.136. The van der Waals surface area contributed by atoms with Gasteiger partial charge in [-0.25, -0.2) is 9.18 Å². The molecule has 7 heteroatoms. The van der Waals surface area contributed by atoms with E-state index in [1.165, 1.54) is 12.1 Å². The molecule has 0 radical (unpaired) electrons. The molecule has 6 nitrogen and oxygen atoms in total. The van der Waals surface area contributed by atoms with E-state index < -0.39 is 11.8 Å². The largest absolute Gasteiger partial charge is 0.510 e. The third-order valence-corrected chi connectivity index (χ3v) is 3.41. The first kappa shape index (κ1) is 19.1. The maximum absolute atomic E-state index is 14.2. The fraction of sp³-hybridized carbons (Fsp3) is 0.211. The number of ether oxygens (including phenoxy) is 2. The summed E-state index contributed by atoms with van der Waals surface area (Å²) in [6, 6.07) is 13.6. The molecular formula is C19H19FN2O4. The molecule has 0 unspecified atom stereocenters. The summed E-state index contributed by atoms with van der Waals surface area (Å²) in [5.41, 5.74) is 0.501. The number of azo groups is 1. The maximum Gasteiger partial charge on any atom is 0.362 e. The third kappa shape index (κ3) is 5.14. The van der Waals surface area contributed by atoms with Gasteiger partial charge in [-0.05, 0) is 17.7 Å². The zero-order chi connectivity index (χ0) is 18.9. The van der Waals surface area contributed by atoms with Gasteiger partial charge < -0.3 is 14.6 Å². The highest BCUT2D eigenvalue weighted by Crippen LogP contribution is 2.25. The zero-order valence-corrected chi connectivity index (χ0v) is 14.5. The molecule has 0 heterocycles. The lowest BCUT2D eigenvalue weighted by Gasteiger charge is -2.07. The van der Waals surface area contributed by atoms with E-state index in [4.69, 9.17) is 4.74 Å². The van der Waals surface area contributed by atoms with E-state index >= 15 is 0 Å². The molecule has 0 saturated carbocycles. The second-order valence-corrected chi connectivity index (χ2v) is 5.23. The fourth-order valence-electron chi connectivity index (χ4n) is 1.98. The molecule has 0 aliphatic rings. The Labute approximate surface area is 150 Å². The summed E-state index contributed by atoms with van der Waals surface area (Å²) < 4.78 is 24.2. The smallest absolute Gasteiger partial charge is 0.362 e. The quantitative estimate of drug-likeness (QED) is 0.332. The molecule has 0 atom stereocenters. The Morgan fingerprint density at radius 1 is 1.19 bits per heavy atom. The highest BCUT2D eigenvalue weighted by molar-refractivity contribution is 5.88. The van der Waals surface area contributed by atoms with Gasteiger partial charge in [-0.1, -0.05) is 37.3 Å². The van der Waals surface area contributed by atoms with Crippen molar-refractivity contribution in [2.75, 3.05) is 7.11 Å². The number of aliphatic hydroxyl groups is 1. The van der Waals surface area contributed by atoms with Crippen molar-refractivity contribution in [2.45, 2.75) is 20.0 Å². The number of hydrogen-bond acceptors (Lipinski definition) is 6. The molecule has 0 aliphatic heterocycles. The van der Waals surface area contributed by atoms with Crippen molar-refractivity contribution in [3.05, 3.63) is 71.4 Å². The number of carbonyl (C=O) groups excluding carboxylic acids is 1. The summed E-state index contributed by atoms with van der Waals surface area (Å²) in [7, 11) is 1.15. The van der Waals surface area contributed by atoms with Crippen LogP contribution in [0.3, 0.4) is 0 Å². The van der Waals surface area contributed by atoms with Crippen LogP contribution in [-0.4, -0.2) is 18.2 Å². The highest BCUT2D eigenvalue weighted by Gasteiger charge is 2.15. The molecule has 2 aromatic rings. The number of methoxy groups -OCH3 is 1. The normalized spacial score (nSPS) is 12.0. The van der Waals surface area contributed by atoms with Gasteiger partial charge in [-0.15, -0.1) is 10.2 Å². The molecular weight excluding hydrogens is 339 g/mol. The van der Waals surface area contributed by atoms with Crippen LogP contribution in [0.15, 0.2) is 70.2 Å². The van der Waals surface area contributed by atoms with Crippen molar-refractivity contribution in [2.24, 2.45) is 10.2 Å². The Kier molecular flexibility index (Phi) is 6.84. The maximum atomic E-state index is 14.2. The van der Waals surface area contributed by atoms with Crippen molar-refractivity contribution in [1.82, 2.24) is 0 Å². The fourth-order valence-corrected chi connectivity index (χ4v) is 1.98. The Morgan fingerprint density at radius 3 is 2.54 bits per heavy atom. The van der Waals surface area contributed by atoms with Crippen LogP contribution in [0, 0.1) is 5.82 Å². The Bertz CT molecular complexity index is 820. The molecule has 1 N–H and O–H groups in total. The molecule has 0 spiro atoms. The molecule has 26 heavy (non-hydrogen) atoms. The molecule has 0 amide bonds. The van der Waals surface area contributed by atoms with Gasteiger partial charge >= 0.3 is 5.97 Å². The second-order valence-electron chi connectivity index (χ2n) is 5.23. The van der Waals surface area contributed by atoms with Crippen molar-refractivity contribution in [1.29, 1.82) is 0 Å². The standard InChI is InChI=1S/C19H19FN2O4/c1-3-17(23)18(19(24)25-2)22-21-16-10-9-14(11-15(16)20)26-12-13-7-5-4-6-8-13/h4-11,23H,3,12H2,1-2H3/b18-17+,22-21?. The summed E-state index contributed by atoms with van der Waals surface area (Å²) in [5, 5.41) is 17.0. The lowest BCUT2D eigenvalue weighted by atomic mass is 10.2. The minimum Gasteiger partial charge on any atom is -0.510 e. The Hall–Kier alpha value is -3.22. The van der Waals surface area contributed by atoms with E-state index in [0.29, 0.717) is 12.4 Å². The van der Waals surface area contributed by atoms with Crippen molar-refractivity contribution >= 4 is 11.7 Å². The van der Waals surface area contributed by atoms with E-state index in [-0.39, 0.29) is 23.6 Å². The topological polar surface area (TPSA) is 80.5 Å². The first-order valence-electron chi connectivity index (χ1n) is 7.93. The third-order valence-electron chi connectivity index (χ3n) is 3.41. The minimum atomic E-state index is -0.851. The van der Waals surface area contributed by atoms with Crippen molar-refractivity contribution < 1.29 is 23.8 Å². The number of benzene rings is 2. The molecule has 0 saturated heterocycles. The van der Waals surface area contributed by atoms with Crippen LogP contribution in [0.25, 0.3) is 0 Å². The Balaban J connectivity index is 2.12. The van der Waals surface area contributed by atoms with Gasteiger partial charge in [0.25, 0.3) is 0 Å². The second kappa shape index (κ2) is 9.31. The van der Waals surface area contributed by atoms with Gasteiger partial charge in [0.15, 0.2) is 5.82 Å². The molecule has 2 aromatic carbocycles. The van der Waals surface area contributed by atoms with E-state index in [1.807, 2.05) is 30.3 Å². The first-order chi connectivity index (χ1) is 12.5. The molecule has 136 valence electrons. The Morgan fingerprint density at radius 2 is 1.92 bits per heavy atom. The predicted octanol–water partition coefficient (Wildman–Crippen LogP) is 4.84. The van der Waals surface area contributed by atoms with Gasteiger partial charge in [-0.3, -0.25) is 0 Å². The van der Waals surface area contributed by atoms with Gasteiger partial charge in [-0.2, -0.15) is 0 Å². The average Bonchev–Trinajstić information content (AvgIpc) is 2.68. The van der Waals surface area contributed by atoms with Gasteiger partial charge in [0.05, 0.1) is 7.11 Å². The van der Waals surface area contributed by atoms with Gasteiger partial charge in [0.2, 0.25) is 5.70 Å². The van der Waals surface area contributed by atoms with Gasteiger partial charge in [0, 0.05) is 12.5 Å². The number of esters is 1. The molecule has 0 aromatic heterocycles. The SMILES string of the molecule is CC/C(O)=C(\N=Nc1ccc(OCc2ccccc2)cc1F)C(=O)OC. The van der Waals surface area contributed by atoms with Crippen LogP contribution in [0.4, 0.5) is 10.1 Å². The van der Waals surface area contributed by atoms with E-state index in [1.54, 1.807) is 13.0 Å². The van der Waals surface area contributed by atoms with Crippen LogP contribution < -0.4 is 4.74 Å². The van der Waals surface area contributed by atoms with Crippen LogP contribution in [0.2, 0.25) is 0 Å². The van der Waals surface area contributed by atoms with E-state index in [9.17, 15) is 14.3 Å². The van der Waals surface area contributed by atoms with Crippen LogP contribution in [0.5, 0.6) is 5.75 Å². The van der Waals surface area contributed by atoms with Crippen molar-refractivity contribution in [3.8, 4) is 5.75 Å². The predicted molar refractivity (Wildman–Crippen MR) is 93.7 cm³/mol. The first-order valence-corrected chi connectivity index (χ1v) is 7.93. The summed E-state index contributed by atoms with van der Waals surface area (Å²) >= 11 is 0. The zero-order valence-electron chi connectivity index (χ0n) is 14.5. The summed E-state index contributed by atoms with van der Waals surface area (Å²) in [4.78, 5) is 11.6. The molecule has 0 fully saturated rings. The number of carbonyl (C=O) groups is 1. The van der Waals surface area contributed by atoms with Crippen molar-refractivity contribution in [3.63, 3.8) is 0 Å². The number of allylic oxidation sites excluding steroid dienone is 1. The average molecular weight is 358 g/mol. The van der Waals surface area contributed by atoms with Crippen LogP contribution in [0.1, 0.15) is 18.9 Å². The molecule has 2 rings (SSSR count). The van der Waals surface area contributed by atoms with E-state index in [2.05, 4.69) is 15.0 Å². The number of aliphatic hydroxyl groups excluding tert-OH is 1. The van der Waals surface area contributed by atoms with Gasteiger partial charge in [0.1, 0.15) is 23.8 Å². The number of rotatable bonds is 7. The molecule has 0 aliphatic carbocycles. The number of nitrogens with zero attached hydrogens (tertiary/aromatic N) is 2. The minimum absolute atomic E-state index is 0.0950. The number of hydrogen-bond donors (Lipinski definition) is 1. The van der Waals surface area contributed by atoms with Crippen LogP contribution >= 0.6 is 0 Å². The number of halogens is 1. The van der Waals surface area contributed by atoms with Crippen LogP contribution in [-0.2, 0) is 16.1 Å². The monoisotopic (exact) mass is 358 g/mol. The molecule has 0 bridgehead atoms. The summed E-state index contributed by atoms with van der Waals surface area (Å²) in [5.74, 6) is -1.47. The highest BCUT2D eigenvalue weighted by atomic mass is 19.1. The lowest BCUT2D eigenvalue weighted by Crippen LogP contribution is -2.05. The summed E-state index contributed by atoms with van der Waals surface area (Å²) in [6.07, 6.45) is 0.165. The van der Waals surface area contributed by atoms with E-state index in [0.717, 1.165) is 12.7 Å². The summed E-state index contributed by atoms with van der Waals surface area (Å²) in [6.45, 7) is 1.94.